The minimum atomic E-state index is 0.288. The highest BCUT2D eigenvalue weighted by Gasteiger charge is 2.01. The Morgan fingerprint density at radius 3 is 2.69 bits per heavy atom. The maximum Gasteiger partial charge on any atom is 0.115 e. The first-order valence-corrected chi connectivity index (χ1v) is 5.26. The summed E-state index contributed by atoms with van der Waals surface area (Å²) in [5.41, 5.74) is 7.80. The standard InChI is InChI=1S/C12H15N3O/c13-6-5-11-7-14-9-15(11)8-10-1-3-12(16)4-2-10/h1-4,7,9,16H,5-6,8,13H2. The van der Waals surface area contributed by atoms with E-state index in [2.05, 4.69) is 9.55 Å². The van der Waals surface area contributed by atoms with E-state index in [1.165, 1.54) is 0 Å². The fourth-order valence-electron chi connectivity index (χ4n) is 1.64. The van der Waals surface area contributed by atoms with Gasteiger partial charge >= 0.3 is 0 Å². The molecule has 0 bridgehead atoms. The maximum atomic E-state index is 9.19. The number of rotatable bonds is 4. The summed E-state index contributed by atoms with van der Waals surface area (Å²) >= 11 is 0. The number of nitrogens with two attached hydrogens (primary N) is 1. The van der Waals surface area contributed by atoms with Crippen LogP contribution >= 0.6 is 0 Å². The van der Waals surface area contributed by atoms with Crippen molar-refractivity contribution in [2.24, 2.45) is 5.73 Å². The Hall–Kier alpha value is -1.81. The third-order valence-corrected chi connectivity index (χ3v) is 2.49. The molecule has 1 heterocycles. The van der Waals surface area contributed by atoms with E-state index in [9.17, 15) is 5.11 Å². The van der Waals surface area contributed by atoms with E-state index in [1.807, 2.05) is 18.3 Å². The molecule has 2 aromatic rings. The molecule has 0 saturated carbocycles. The Kier molecular flexibility index (Phi) is 3.22. The molecule has 4 nitrogen and oxygen atoms in total. The lowest BCUT2D eigenvalue weighted by Crippen LogP contribution is -2.09. The van der Waals surface area contributed by atoms with Crippen molar-refractivity contribution >= 4 is 0 Å². The number of aromatic hydroxyl groups is 1. The van der Waals surface area contributed by atoms with Gasteiger partial charge in [0.05, 0.1) is 6.33 Å². The van der Waals surface area contributed by atoms with Crippen LogP contribution in [0, 0.1) is 0 Å². The SMILES string of the molecule is NCCc1cncn1Cc1ccc(O)cc1. The average Bonchev–Trinajstić information content (AvgIpc) is 2.70. The zero-order valence-electron chi connectivity index (χ0n) is 9.00. The van der Waals surface area contributed by atoms with Gasteiger partial charge in [0.2, 0.25) is 0 Å². The van der Waals surface area contributed by atoms with E-state index < -0.39 is 0 Å². The molecule has 0 aliphatic heterocycles. The average molecular weight is 217 g/mol. The molecular weight excluding hydrogens is 202 g/mol. The number of benzene rings is 1. The van der Waals surface area contributed by atoms with Crippen LogP contribution < -0.4 is 5.73 Å². The number of phenols is 1. The van der Waals surface area contributed by atoms with Crippen LogP contribution in [0.3, 0.4) is 0 Å². The van der Waals surface area contributed by atoms with Crippen molar-refractivity contribution in [3.63, 3.8) is 0 Å². The normalized spacial score (nSPS) is 10.6. The lowest BCUT2D eigenvalue weighted by molar-refractivity contribution is 0.475. The summed E-state index contributed by atoms with van der Waals surface area (Å²) in [6, 6.07) is 7.19. The highest BCUT2D eigenvalue weighted by atomic mass is 16.3. The van der Waals surface area contributed by atoms with Crippen LogP contribution in [0.25, 0.3) is 0 Å². The molecule has 0 atom stereocenters. The van der Waals surface area contributed by atoms with Gasteiger partial charge in [0.1, 0.15) is 5.75 Å². The van der Waals surface area contributed by atoms with Gasteiger partial charge in [-0.05, 0) is 24.2 Å². The first kappa shape index (κ1) is 10.7. The van der Waals surface area contributed by atoms with Crippen molar-refractivity contribution in [1.82, 2.24) is 9.55 Å². The first-order chi connectivity index (χ1) is 7.79. The van der Waals surface area contributed by atoms with Gasteiger partial charge in [-0.15, -0.1) is 0 Å². The van der Waals surface area contributed by atoms with Crippen LogP contribution in [0.4, 0.5) is 0 Å². The zero-order valence-corrected chi connectivity index (χ0v) is 9.00. The van der Waals surface area contributed by atoms with E-state index in [0.29, 0.717) is 6.54 Å². The number of aromatic nitrogens is 2. The van der Waals surface area contributed by atoms with Gasteiger partial charge in [0.25, 0.3) is 0 Å². The van der Waals surface area contributed by atoms with Gasteiger partial charge in [-0.25, -0.2) is 4.98 Å². The molecule has 1 aromatic heterocycles. The summed E-state index contributed by atoms with van der Waals surface area (Å²) < 4.78 is 2.07. The molecule has 4 heteroatoms. The van der Waals surface area contributed by atoms with E-state index in [4.69, 9.17) is 5.73 Å². The molecule has 2 rings (SSSR count). The van der Waals surface area contributed by atoms with Gasteiger partial charge < -0.3 is 15.4 Å². The molecule has 84 valence electrons. The molecule has 0 radical (unpaired) electrons. The Morgan fingerprint density at radius 1 is 1.25 bits per heavy atom. The third kappa shape index (κ3) is 2.41. The summed E-state index contributed by atoms with van der Waals surface area (Å²) in [6.07, 6.45) is 4.48. The molecule has 0 aliphatic rings. The zero-order chi connectivity index (χ0) is 11.4. The molecule has 0 spiro atoms. The minimum Gasteiger partial charge on any atom is -0.508 e. The largest absolute Gasteiger partial charge is 0.508 e. The third-order valence-electron chi connectivity index (χ3n) is 2.49. The van der Waals surface area contributed by atoms with E-state index >= 15 is 0 Å². The van der Waals surface area contributed by atoms with Crippen LogP contribution in [0.2, 0.25) is 0 Å². The molecule has 0 amide bonds. The van der Waals surface area contributed by atoms with Crippen LogP contribution in [0.5, 0.6) is 5.75 Å². The lowest BCUT2D eigenvalue weighted by Gasteiger charge is -2.07. The second kappa shape index (κ2) is 4.81. The molecule has 0 saturated heterocycles. The van der Waals surface area contributed by atoms with Gasteiger partial charge in [-0.2, -0.15) is 0 Å². The Bertz CT molecular complexity index is 448. The number of hydrogen-bond acceptors (Lipinski definition) is 3. The fourth-order valence-corrected chi connectivity index (χ4v) is 1.64. The summed E-state index contributed by atoms with van der Waals surface area (Å²) in [6.45, 7) is 1.39. The van der Waals surface area contributed by atoms with Crippen molar-refractivity contribution < 1.29 is 5.11 Å². The Morgan fingerprint density at radius 2 is 2.00 bits per heavy atom. The predicted molar refractivity (Wildman–Crippen MR) is 62.2 cm³/mol. The smallest absolute Gasteiger partial charge is 0.115 e. The van der Waals surface area contributed by atoms with Gasteiger partial charge in [0.15, 0.2) is 0 Å². The van der Waals surface area contributed by atoms with Crippen molar-refractivity contribution in [2.45, 2.75) is 13.0 Å². The molecule has 0 aliphatic carbocycles. The number of imidazole rings is 1. The number of nitrogens with zero attached hydrogens (tertiary/aromatic N) is 2. The quantitative estimate of drug-likeness (QED) is 0.807. The van der Waals surface area contributed by atoms with Crippen molar-refractivity contribution in [3.05, 3.63) is 48.0 Å². The second-order valence-electron chi connectivity index (χ2n) is 3.72. The highest BCUT2D eigenvalue weighted by Crippen LogP contribution is 2.12. The van der Waals surface area contributed by atoms with Crippen LogP contribution in [-0.2, 0) is 13.0 Å². The van der Waals surface area contributed by atoms with Crippen LogP contribution in [-0.4, -0.2) is 21.2 Å². The summed E-state index contributed by atoms with van der Waals surface area (Å²) in [7, 11) is 0. The predicted octanol–water partition coefficient (Wildman–Crippen LogP) is 1.14. The van der Waals surface area contributed by atoms with Crippen molar-refractivity contribution in [2.75, 3.05) is 6.54 Å². The van der Waals surface area contributed by atoms with Crippen molar-refractivity contribution in [1.29, 1.82) is 0 Å². The second-order valence-corrected chi connectivity index (χ2v) is 3.72. The monoisotopic (exact) mass is 217 g/mol. The summed E-state index contributed by atoms with van der Waals surface area (Å²) in [5, 5.41) is 9.19. The number of phenolic OH excluding ortho intramolecular Hbond substituents is 1. The van der Waals surface area contributed by atoms with E-state index in [0.717, 1.165) is 24.2 Å². The number of hydrogen-bond donors (Lipinski definition) is 2. The van der Waals surface area contributed by atoms with Gasteiger partial charge in [0, 0.05) is 24.9 Å². The topological polar surface area (TPSA) is 64.1 Å². The van der Waals surface area contributed by atoms with Crippen LogP contribution in [0.1, 0.15) is 11.3 Å². The van der Waals surface area contributed by atoms with E-state index in [1.54, 1.807) is 18.5 Å². The molecule has 16 heavy (non-hydrogen) atoms. The van der Waals surface area contributed by atoms with E-state index in [-0.39, 0.29) is 5.75 Å². The minimum absolute atomic E-state index is 0.288. The summed E-state index contributed by atoms with van der Waals surface area (Å²) in [5.74, 6) is 0.288. The Balaban J connectivity index is 2.13. The molecule has 1 aromatic carbocycles. The lowest BCUT2D eigenvalue weighted by atomic mass is 10.2. The summed E-state index contributed by atoms with van der Waals surface area (Å²) in [4.78, 5) is 4.11. The molecular formula is C12H15N3O. The van der Waals surface area contributed by atoms with Crippen LogP contribution in [0.15, 0.2) is 36.8 Å². The van der Waals surface area contributed by atoms with Gasteiger partial charge in [-0.3, -0.25) is 0 Å². The van der Waals surface area contributed by atoms with Gasteiger partial charge in [-0.1, -0.05) is 12.1 Å². The highest BCUT2D eigenvalue weighted by molar-refractivity contribution is 5.26. The molecule has 3 N–H and O–H groups in total. The fraction of sp³-hybridized carbons (Fsp3) is 0.250. The molecule has 0 fully saturated rings. The Labute approximate surface area is 94.4 Å². The maximum absolute atomic E-state index is 9.19. The molecule has 0 unspecified atom stereocenters. The van der Waals surface area contributed by atoms with Crippen molar-refractivity contribution in [3.8, 4) is 5.75 Å². The first-order valence-electron chi connectivity index (χ1n) is 5.26.